The van der Waals surface area contributed by atoms with Crippen molar-refractivity contribution in [3.63, 3.8) is 0 Å². The van der Waals surface area contributed by atoms with Gasteiger partial charge in [0.2, 0.25) is 11.8 Å². The maximum absolute atomic E-state index is 12.7. The Morgan fingerprint density at radius 2 is 1.89 bits per heavy atom. The van der Waals surface area contributed by atoms with Crippen LogP contribution in [-0.2, 0) is 11.2 Å². The molecule has 2 aromatic heterocycles. The Morgan fingerprint density at radius 1 is 1.04 bits per heavy atom. The number of aryl methyl sites for hydroxylation is 2. The normalized spacial score (nSPS) is 17.6. The fourth-order valence-electron chi connectivity index (χ4n) is 5.99. The number of anilines is 1. The lowest BCUT2D eigenvalue weighted by Gasteiger charge is -2.34. The van der Waals surface area contributed by atoms with E-state index < -0.39 is 5.60 Å². The van der Waals surface area contributed by atoms with Gasteiger partial charge in [-0.1, -0.05) is 30.3 Å². The van der Waals surface area contributed by atoms with Crippen LogP contribution in [0.1, 0.15) is 64.0 Å². The number of carbonyl (C=O) groups excluding carboxylic acids is 1. The third-order valence-electron chi connectivity index (χ3n) is 8.48. The van der Waals surface area contributed by atoms with Crippen LogP contribution in [0, 0.1) is 12.8 Å². The summed E-state index contributed by atoms with van der Waals surface area (Å²) in [4.78, 5) is 28.3. The highest BCUT2D eigenvalue weighted by Crippen LogP contribution is 2.39. The molecule has 9 heteroatoms. The van der Waals surface area contributed by atoms with E-state index in [1.807, 2.05) is 45.9 Å². The number of nitrogens with zero attached hydrogens (tertiary/aromatic N) is 4. The first-order chi connectivity index (χ1) is 21.6. The molecule has 0 unspecified atom stereocenters. The molecule has 1 saturated heterocycles. The number of nitrogens with one attached hydrogen (secondary N) is 1. The minimum absolute atomic E-state index is 0.00375. The number of aliphatic hydroxyl groups is 1. The number of pyridine rings is 1. The number of hydrogen-bond acceptors (Lipinski definition) is 8. The summed E-state index contributed by atoms with van der Waals surface area (Å²) in [7, 11) is 0. The van der Waals surface area contributed by atoms with E-state index in [4.69, 9.17) is 14.5 Å². The molecule has 2 atom stereocenters. The number of hydrogen-bond donors (Lipinski definition) is 2. The predicted octanol–water partition coefficient (Wildman–Crippen LogP) is 7.31. The molecule has 2 aromatic carbocycles. The Bertz CT molecular complexity index is 1670. The van der Waals surface area contributed by atoms with Crippen molar-refractivity contribution in [1.82, 2.24) is 19.9 Å². The van der Waals surface area contributed by atoms with Gasteiger partial charge in [-0.2, -0.15) is 0 Å². The monoisotopic (exact) mass is 609 g/mol. The van der Waals surface area contributed by atoms with Crippen LogP contribution in [0.2, 0.25) is 0 Å². The van der Waals surface area contributed by atoms with Gasteiger partial charge in [-0.25, -0.2) is 19.7 Å². The third kappa shape index (κ3) is 7.53. The lowest BCUT2D eigenvalue weighted by Crippen LogP contribution is -2.47. The quantitative estimate of drug-likeness (QED) is 0.203. The first kappa shape index (κ1) is 30.8. The highest BCUT2D eigenvalue weighted by Gasteiger charge is 2.30. The maximum atomic E-state index is 12.7. The number of ether oxygens (including phenoxy) is 2. The molecule has 1 aliphatic carbocycles. The minimum Gasteiger partial charge on any atom is -0.444 e. The van der Waals surface area contributed by atoms with E-state index in [0.717, 1.165) is 66.2 Å². The third-order valence-corrected chi connectivity index (χ3v) is 8.48. The molecule has 1 saturated carbocycles. The predicted molar refractivity (Wildman–Crippen MR) is 176 cm³/mol. The van der Waals surface area contributed by atoms with Gasteiger partial charge in [0.1, 0.15) is 11.4 Å². The van der Waals surface area contributed by atoms with Crippen molar-refractivity contribution in [2.24, 2.45) is 5.92 Å². The average Bonchev–Trinajstić information content (AvgIpc) is 3.87. The van der Waals surface area contributed by atoms with Crippen molar-refractivity contribution in [3.8, 4) is 22.9 Å². The van der Waals surface area contributed by atoms with Gasteiger partial charge in [0.05, 0.1) is 17.4 Å². The number of benzene rings is 2. The number of piperidine rings is 1. The van der Waals surface area contributed by atoms with Crippen LogP contribution in [0.25, 0.3) is 22.0 Å². The second-order valence-electron chi connectivity index (χ2n) is 13.3. The van der Waals surface area contributed by atoms with Crippen molar-refractivity contribution in [2.75, 3.05) is 18.4 Å². The van der Waals surface area contributed by atoms with Crippen LogP contribution in [0.3, 0.4) is 0 Å². The Morgan fingerprint density at radius 3 is 2.69 bits per heavy atom. The summed E-state index contributed by atoms with van der Waals surface area (Å²) in [6.45, 7) is 8.86. The van der Waals surface area contributed by atoms with Gasteiger partial charge < -0.3 is 24.8 Å². The lowest BCUT2D eigenvalue weighted by atomic mass is 9.96. The summed E-state index contributed by atoms with van der Waals surface area (Å²) in [5.74, 6) is 2.17. The minimum atomic E-state index is -0.537. The molecular weight excluding hydrogens is 566 g/mol. The van der Waals surface area contributed by atoms with E-state index in [1.165, 1.54) is 5.56 Å². The number of fused-ring (bicyclic) bond motifs is 1. The molecule has 6 rings (SSSR count). The van der Waals surface area contributed by atoms with Crippen LogP contribution >= 0.6 is 0 Å². The number of carbonyl (C=O) groups is 1. The smallest absolute Gasteiger partial charge is 0.410 e. The Hall–Kier alpha value is -4.24. The van der Waals surface area contributed by atoms with Crippen LogP contribution in [0.15, 0.2) is 60.9 Å². The Balaban J connectivity index is 1.21. The SMILES string of the molecule is Cc1ccc2c(CC[C@H](O)C3CC3)cccc2c1Oc1ncccc1-c1ccnc(N[C@H]2CCCN(C(=O)OC(C)(C)C)C2)n1. The van der Waals surface area contributed by atoms with Gasteiger partial charge in [0.25, 0.3) is 0 Å². The Labute approximate surface area is 265 Å². The Kier molecular flexibility index (Phi) is 8.90. The number of aliphatic hydroxyl groups excluding tert-OH is 1. The largest absolute Gasteiger partial charge is 0.444 e. The van der Waals surface area contributed by atoms with Crippen molar-refractivity contribution in [3.05, 3.63) is 72.1 Å². The average molecular weight is 610 g/mol. The fraction of sp³-hybridized carbons (Fsp3) is 0.444. The number of likely N-dealkylation sites (tertiary alicyclic amines) is 1. The molecule has 0 spiro atoms. The molecule has 3 heterocycles. The summed E-state index contributed by atoms with van der Waals surface area (Å²) in [5.41, 5.74) is 3.11. The fourth-order valence-corrected chi connectivity index (χ4v) is 5.99. The molecule has 4 aromatic rings. The molecule has 2 N–H and O–H groups in total. The molecule has 1 aliphatic heterocycles. The molecule has 0 bridgehead atoms. The van der Waals surface area contributed by atoms with Crippen molar-refractivity contribution in [1.29, 1.82) is 0 Å². The van der Waals surface area contributed by atoms with Crippen LogP contribution in [0.4, 0.5) is 10.7 Å². The number of rotatable bonds is 9. The maximum Gasteiger partial charge on any atom is 0.410 e. The van der Waals surface area contributed by atoms with Gasteiger partial charge in [-0.3, -0.25) is 0 Å². The molecule has 236 valence electrons. The van der Waals surface area contributed by atoms with E-state index in [9.17, 15) is 9.90 Å². The first-order valence-corrected chi connectivity index (χ1v) is 16.0. The van der Waals surface area contributed by atoms with Gasteiger partial charge in [-0.05, 0) is 107 Å². The zero-order chi connectivity index (χ0) is 31.6. The van der Waals surface area contributed by atoms with E-state index in [-0.39, 0.29) is 18.2 Å². The van der Waals surface area contributed by atoms with Crippen LogP contribution < -0.4 is 10.1 Å². The van der Waals surface area contributed by atoms with Gasteiger partial charge >= 0.3 is 6.09 Å². The second-order valence-corrected chi connectivity index (χ2v) is 13.3. The second kappa shape index (κ2) is 13.0. The highest BCUT2D eigenvalue weighted by atomic mass is 16.6. The standard InChI is InChI=1S/C36H43N5O4/c1-23-12-16-27-24(15-17-31(42)25-13-14-25)8-5-10-28(27)32(23)44-33-29(11-6-19-37-33)30-18-20-38-34(40-30)39-26-9-7-21-41(22-26)35(43)45-36(2,3)4/h5-6,8,10-12,16,18-20,25-26,31,42H,7,9,13-15,17,21-22H2,1-4H3,(H,38,39,40)/t26-,31-/m0/s1. The zero-order valence-electron chi connectivity index (χ0n) is 26.6. The highest BCUT2D eigenvalue weighted by molar-refractivity contribution is 5.92. The zero-order valence-corrected chi connectivity index (χ0v) is 26.6. The van der Waals surface area contributed by atoms with Crippen LogP contribution in [0.5, 0.6) is 11.6 Å². The molecule has 45 heavy (non-hydrogen) atoms. The van der Waals surface area contributed by atoms with Crippen molar-refractivity contribution >= 4 is 22.8 Å². The van der Waals surface area contributed by atoms with Gasteiger partial charge in [0.15, 0.2) is 0 Å². The van der Waals surface area contributed by atoms with Gasteiger partial charge in [0, 0.05) is 36.9 Å². The summed E-state index contributed by atoms with van der Waals surface area (Å²) < 4.78 is 12.2. The van der Waals surface area contributed by atoms with Gasteiger partial charge in [-0.15, -0.1) is 0 Å². The summed E-state index contributed by atoms with van der Waals surface area (Å²) in [6.07, 6.45) is 8.54. The summed E-state index contributed by atoms with van der Waals surface area (Å²) in [5, 5.41) is 16.0. The number of aromatic nitrogens is 3. The molecular formula is C36H43N5O4. The number of amides is 1. The van der Waals surface area contributed by atoms with Crippen molar-refractivity contribution < 1.29 is 19.4 Å². The van der Waals surface area contributed by atoms with E-state index in [0.29, 0.717) is 36.5 Å². The topological polar surface area (TPSA) is 110 Å². The molecule has 1 amide bonds. The van der Waals surface area contributed by atoms with E-state index in [2.05, 4.69) is 45.6 Å². The van der Waals surface area contributed by atoms with E-state index >= 15 is 0 Å². The molecule has 0 radical (unpaired) electrons. The molecule has 2 aliphatic rings. The summed E-state index contributed by atoms with van der Waals surface area (Å²) >= 11 is 0. The molecule has 2 fully saturated rings. The van der Waals surface area contributed by atoms with Crippen LogP contribution in [-0.4, -0.2) is 61.9 Å². The summed E-state index contributed by atoms with van der Waals surface area (Å²) in [6, 6.07) is 16.2. The van der Waals surface area contributed by atoms with Crippen molar-refractivity contribution in [2.45, 2.75) is 84.0 Å². The lowest BCUT2D eigenvalue weighted by molar-refractivity contribution is 0.0206. The molecule has 9 nitrogen and oxygen atoms in total. The van der Waals surface area contributed by atoms with E-state index in [1.54, 1.807) is 17.3 Å². The first-order valence-electron chi connectivity index (χ1n) is 16.0.